The quantitative estimate of drug-likeness (QED) is 0.491. The molecule has 99 valence electrons. The van der Waals surface area contributed by atoms with Crippen LogP contribution in [0, 0.1) is 6.92 Å². The SMILES string of the molecule is CC=O.C[N-]CCNCc1oc(=O)oc1C.[Ru+]. The van der Waals surface area contributed by atoms with Gasteiger partial charge in [0.15, 0.2) is 5.76 Å². The van der Waals surface area contributed by atoms with E-state index in [-0.39, 0.29) is 19.5 Å². The molecule has 1 N–H and O–H groups in total. The molecule has 1 rings (SSSR count). The van der Waals surface area contributed by atoms with Crippen molar-refractivity contribution < 1.29 is 33.1 Å². The van der Waals surface area contributed by atoms with E-state index in [1.165, 1.54) is 6.92 Å². The minimum atomic E-state index is -0.644. The predicted molar refractivity (Wildman–Crippen MR) is 59.6 cm³/mol. The molecule has 7 heteroatoms. The van der Waals surface area contributed by atoms with Gasteiger partial charge in [0, 0.05) is 0 Å². The van der Waals surface area contributed by atoms with Crippen LogP contribution in [0.15, 0.2) is 13.6 Å². The zero-order chi connectivity index (χ0) is 12.4. The Morgan fingerprint density at radius 3 is 2.41 bits per heavy atom. The molecule has 0 aliphatic carbocycles. The maximum absolute atomic E-state index is 10.6. The van der Waals surface area contributed by atoms with E-state index in [1.54, 1.807) is 14.0 Å². The van der Waals surface area contributed by atoms with E-state index in [1.807, 2.05) is 0 Å². The van der Waals surface area contributed by atoms with Gasteiger partial charge in [-0.3, -0.25) is 0 Å². The third kappa shape index (κ3) is 8.97. The molecular weight excluding hydrogens is 313 g/mol. The summed E-state index contributed by atoms with van der Waals surface area (Å²) < 4.78 is 9.47. The third-order valence-corrected chi connectivity index (χ3v) is 1.63. The number of hydrogen-bond donors (Lipinski definition) is 1. The summed E-state index contributed by atoms with van der Waals surface area (Å²) in [6.07, 6.45) is 0.750. The van der Waals surface area contributed by atoms with Crippen molar-refractivity contribution in [1.82, 2.24) is 5.32 Å². The maximum Gasteiger partial charge on any atom is 1.00 e. The van der Waals surface area contributed by atoms with Gasteiger partial charge in [-0.15, -0.1) is 6.54 Å². The number of likely N-dealkylation sites (N-methyl/N-ethyl adjacent to an activating group) is 1. The number of rotatable bonds is 5. The summed E-state index contributed by atoms with van der Waals surface area (Å²) in [4.78, 5) is 19.4. The first kappa shape index (κ1) is 18.6. The number of carbonyl (C=O) groups is 1. The average molecular weight is 330 g/mol. The Labute approximate surface area is 113 Å². The standard InChI is InChI=1S/C8H13N2O3.C2H4O.Ru/c1-6-7(13-8(11)12-6)5-10-4-3-9-2;1-2-3;/h10H,3-5H2,1-2H3;2H,1H3;/q-1;;+1. The molecule has 0 atom stereocenters. The van der Waals surface area contributed by atoms with Gasteiger partial charge < -0.3 is 24.3 Å². The summed E-state index contributed by atoms with van der Waals surface area (Å²) in [7, 11) is 1.75. The Bertz CT molecular complexity index is 348. The van der Waals surface area contributed by atoms with Crippen molar-refractivity contribution in [3.8, 4) is 0 Å². The maximum atomic E-state index is 10.6. The Morgan fingerprint density at radius 2 is 2.00 bits per heavy atom. The van der Waals surface area contributed by atoms with E-state index in [2.05, 4.69) is 15.1 Å². The number of carbonyl (C=O) groups excluding carboxylic acids is 1. The van der Waals surface area contributed by atoms with Gasteiger partial charge in [0.2, 0.25) is 0 Å². The van der Waals surface area contributed by atoms with Gasteiger partial charge in [-0.2, -0.15) is 7.05 Å². The van der Waals surface area contributed by atoms with E-state index in [0.29, 0.717) is 18.1 Å². The Morgan fingerprint density at radius 1 is 1.41 bits per heavy atom. The molecule has 1 aromatic rings. The van der Waals surface area contributed by atoms with Gasteiger partial charge in [-0.05, 0) is 20.4 Å². The summed E-state index contributed by atoms with van der Waals surface area (Å²) in [6, 6.07) is 0. The zero-order valence-corrected chi connectivity index (χ0v) is 11.9. The second-order valence-electron chi connectivity index (χ2n) is 2.89. The predicted octanol–water partition coefficient (Wildman–Crippen LogP) is 0.837. The van der Waals surface area contributed by atoms with Gasteiger partial charge in [0.25, 0.3) is 0 Å². The second kappa shape index (κ2) is 11.7. The minimum Gasteiger partial charge on any atom is -0.664 e. The molecule has 0 saturated heterocycles. The van der Waals surface area contributed by atoms with Crippen molar-refractivity contribution in [2.45, 2.75) is 20.4 Å². The summed E-state index contributed by atoms with van der Waals surface area (Å²) in [5.74, 6) is 0.446. The fourth-order valence-electron chi connectivity index (χ4n) is 0.929. The Balaban J connectivity index is 0. The molecule has 0 amide bonds. The number of hydrogen-bond acceptors (Lipinski definition) is 5. The van der Waals surface area contributed by atoms with Crippen LogP contribution >= 0.6 is 0 Å². The molecule has 0 aliphatic rings. The molecular formula is C10H17N2O4Ru. The topological polar surface area (TPSA) is 86.5 Å². The van der Waals surface area contributed by atoms with Crippen molar-refractivity contribution in [3.63, 3.8) is 0 Å². The minimum absolute atomic E-state index is 0. The van der Waals surface area contributed by atoms with Gasteiger partial charge in [-0.1, -0.05) is 0 Å². The van der Waals surface area contributed by atoms with E-state index in [0.717, 1.165) is 19.4 Å². The number of aldehydes is 1. The molecule has 0 aliphatic heterocycles. The molecule has 0 unspecified atom stereocenters. The van der Waals surface area contributed by atoms with Crippen LogP contribution < -0.4 is 11.1 Å². The molecule has 0 bridgehead atoms. The van der Waals surface area contributed by atoms with Crippen LogP contribution in [0.2, 0.25) is 0 Å². The number of nitrogens with zero attached hydrogens (tertiary/aromatic N) is 1. The van der Waals surface area contributed by atoms with Crippen molar-refractivity contribution >= 4 is 6.29 Å². The van der Waals surface area contributed by atoms with Gasteiger partial charge >= 0.3 is 25.3 Å². The van der Waals surface area contributed by atoms with Crippen LogP contribution in [-0.2, 0) is 30.8 Å². The Hall–Kier alpha value is -0.777. The monoisotopic (exact) mass is 331 g/mol. The number of aryl methyl sites for hydroxylation is 1. The van der Waals surface area contributed by atoms with Crippen LogP contribution in [0.25, 0.3) is 5.32 Å². The van der Waals surface area contributed by atoms with Crippen LogP contribution in [0.1, 0.15) is 18.4 Å². The van der Waals surface area contributed by atoms with Crippen molar-refractivity contribution in [1.29, 1.82) is 0 Å². The second-order valence-corrected chi connectivity index (χ2v) is 2.89. The fourth-order valence-corrected chi connectivity index (χ4v) is 0.929. The third-order valence-electron chi connectivity index (χ3n) is 1.63. The van der Waals surface area contributed by atoms with Crippen molar-refractivity contribution in [2.75, 3.05) is 20.1 Å². The van der Waals surface area contributed by atoms with Crippen LogP contribution in [0.3, 0.4) is 0 Å². The van der Waals surface area contributed by atoms with Crippen LogP contribution in [0.5, 0.6) is 0 Å². The summed E-state index contributed by atoms with van der Waals surface area (Å²) >= 11 is 0. The van der Waals surface area contributed by atoms with E-state index < -0.39 is 5.82 Å². The first-order valence-corrected chi connectivity index (χ1v) is 4.91. The molecule has 1 aromatic heterocycles. The first-order chi connectivity index (χ1) is 7.65. The summed E-state index contributed by atoms with van der Waals surface area (Å²) in [6.45, 7) is 5.17. The molecule has 0 spiro atoms. The van der Waals surface area contributed by atoms with Crippen LogP contribution in [0.4, 0.5) is 0 Å². The molecule has 0 fully saturated rings. The van der Waals surface area contributed by atoms with E-state index in [4.69, 9.17) is 9.21 Å². The molecule has 17 heavy (non-hydrogen) atoms. The largest absolute Gasteiger partial charge is 1.00 e. The summed E-state index contributed by atoms with van der Waals surface area (Å²) in [5, 5.41) is 6.99. The first-order valence-electron chi connectivity index (χ1n) is 4.91. The molecule has 0 saturated carbocycles. The smallest absolute Gasteiger partial charge is 0.664 e. The molecule has 1 radical (unpaired) electrons. The van der Waals surface area contributed by atoms with Crippen molar-refractivity contribution in [3.05, 3.63) is 27.5 Å². The Kier molecular flexibility index (Phi) is 12.8. The van der Waals surface area contributed by atoms with Gasteiger partial charge in [0.05, 0.1) is 6.54 Å². The average Bonchev–Trinajstić information content (AvgIpc) is 2.54. The fraction of sp³-hybridized carbons (Fsp3) is 0.600. The molecule has 0 aromatic carbocycles. The van der Waals surface area contributed by atoms with E-state index >= 15 is 0 Å². The van der Waals surface area contributed by atoms with Gasteiger partial charge in [-0.25, -0.2) is 4.79 Å². The molecule has 6 nitrogen and oxygen atoms in total. The van der Waals surface area contributed by atoms with Crippen LogP contribution in [-0.4, -0.2) is 26.4 Å². The van der Waals surface area contributed by atoms with E-state index in [9.17, 15) is 4.79 Å². The van der Waals surface area contributed by atoms with Gasteiger partial charge in [0.1, 0.15) is 12.0 Å². The number of nitrogens with one attached hydrogen (secondary N) is 1. The normalized spacial score (nSPS) is 8.88. The molecule has 1 heterocycles. The van der Waals surface area contributed by atoms with Crippen molar-refractivity contribution in [2.24, 2.45) is 0 Å². The zero-order valence-electron chi connectivity index (χ0n) is 10.1. The summed E-state index contributed by atoms with van der Waals surface area (Å²) in [5.41, 5.74) is 0.